The van der Waals surface area contributed by atoms with E-state index in [4.69, 9.17) is 16.7 Å². The van der Waals surface area contributed by atoms with Gasteiger partial charge >= 0.3 is 5.97 Å². The van der Waals surface area contributed by atoms with Crippen LogP contribution in [0, 0.1) is 0 Å². The zero-order chi connectivity index (χ0) is 14.0. The topological polar surface area (TPSA) is 59.3 Å². The van der Waals surface area contributed by atoms with Crippen molar-refractivity contribution in [2.45, 2.75) is 13.3 Å². The Morgan fingerprint density at radius 3 is 2.37 bits per heavy atom. The quantitative estimate of drug-likeness (QED) is 0.938. The third-order valence-electron chi connectivity index (χ3n) is 2.84. The van der Waals surface area contributed by atoms with E-state index in [1.165, 1.54) is 16.7 Å². The molecule has 0 unspecified atom stereocenters. The molecule has 0 aliphatic heterocycles. The average Bonchev–Trinajstić information content (AvgIpc) is 2.39. The van der Waals surface area contributed by atoms with Crippen molar-refractivity contribution in [1.82, 2.24) is 4.57 Å². The lowest BCUT2D eigenvalue weighted by Crippen LogP contribution is -2.23. The molecule has 1 N–H and O–H groups in total. The summed E-state index contributed by atoms with van der Waals surface area (Å²) in [6.45, 7) is 1.81. The molecule has 0 saturated heterocycles. The smallest absolute Gasteiger partial charge is 0.337 e. The Bertz CT molecular complexity index is 674. The fourth-order valence-electron chi connectivity index (χ4n) is 2.00. The monoisotopic (exact) mass is 277 g/mol. The predicted octanol–water partition coefficient (Wildman–Crippen LogP) is 2.75. The molecule has 0 radical (unpaired) electrons. The van der Waals surface area contributed by atoms with Crippen LogP contribution in [0.3, 0.4) is 0 Å². The average molecular weight is 278 g/mol. The molecule has 5 heteroatoms. The zero-order valence-electron chi connectivity index (χ0n) is 10.3. The first kappa shape index (κ1) is 13.4. The molecule has 0 bridgehead atoms. The van der Waals surface area contributed by atoms with Crippen molar-refractivity contribution >= 4 is 17.6 Å². The van der Waals surface area contributed by atoms with Gasteiger partial charge in [-0.3, -0.25) is 9.36 Å². The summed E-state index contributed by atoms with van der Waals surface area (Å²) >= 11 is 5.81. The number of aromatic nitrogens is 1. The normalized spacial score (nSPS) is 10.4. The lowest BCUT2D eigenvalue weighted by Gasteiger charge is -2.13. The van der Waals surface area contributed by atoms with Gasteiger partial charge in [-0.05, 0) is 36.8 Å². The molecular formula is C14H12ClNO3. The van der Waals surface area contributed by atoms with Crippen molar-refractivity contribution in [3.8, 4) is 5.69 Å². The molecule has 0 saturated carbocycles. The summed E-state index contributed by atoms with van der Waals surface area (Å²) in [5, 5.41) is 9.73. The van der Waals surface area contributed by atoms with Crippen LogP contribution in [0.25, 0.3) is 5.69 Å². The number of benzene rings is 1. The second-order valence-electron chi connectivity index (χ2n) is 4.00. The van der Waals surface area contributed by atoms with Crippen molar-refractivity contribution in [2.75, 3.05) is 0 Å². The lowest BCUT2D eigenvalue weighted by atomic mass is 10.1. The van der Waals surface area contributed by atoms with E-state index >= 15 is 0 Å². The van der Waals surface area contributed by atoms with Crippen LogP contribution in [-0.4, -0.2) is 15.6 Å². The third-order valence-corrected chi connectivity index (χ3v) is 3.10. The van der Waals surface area contributed by atoms with Crippen LogP contribution in [0.15, 0.2) is 41.2 Å². The van der Waals surface area contributed by atoms with Gasteiger partial charge in [-0.25, -0.2) is 4.79 Å². The van der Waals surface area contributed by atoms with E-state index in [-0.39, 0.29) is 11.1 Å². The molecule has 0 aliphatic rings. The Morgan fingerprint density at radius 1 is 1.21 bits per heavy atom. The Labute approximate surface area is 114 Å². The third kappa shape index (κ3) is 2.53. The molecule has 1 aromatic heterocycles. The van der Waals surface area contributed by atoms with Crippen molar-refractivity contribution in [1.29, 1.82) is 0 Å². The molecule has 1 heterocycles. The van der Waals surface area contributed by atoms with E-state index in [0.29, 0.717) is 22.8 Å². The summed E-state index contributed by atoms with van der Waals surface area (Å²) in [7, 11) is 0. The zero-order valence-corrected chi connectivity index (χ0v) is 11.0. The van der Waals surface area contributed by atoms with Crippen molar-refractivity contribution in [3.05, 3.63) is 63.0 Å². The van der Waals surface area contributed by atoms with Crippen LogP contribution in [0.1, 0.15) is 23.0 Å². The van der Waals surface area contributed by atoms with Crippen LogP contribution >= 0.6 is 11.6 Å². The second kappa shape index (κ2) is 5.28. The van der Waals surface area contributed by atoms with Gasteiger partial charge < -0.3 is 5.11 Å². The number of nitrogens with zero attached hydrogens (tertiary/aromatic N) is 1. The van der Waals surface area contributed by atoms with E-state index in [0.717, 1.165) is 0 Å². The summed E-state index contributed by atoms with van der Waals surface area (Å²) in [5.41, 5.74) is 0.956. The van der Waals surface area contributed by atoms with Crippen LogP contribution in [0.2, 0.25) is 5.02 Å². The first-order valence-corrected chi connectivity index (χ1v) is 6.16. The fourth-order valence-corrected chi connectivity index (χ4v) is 2.12. The van der Waals surface area contributed by atoms with Gasteiger partial charge in [0.1, 0.15) is 0 Å². The van der Waals surface area contributed by atoms with Crippen molar-refractivity contribution in [3.63, 3.8) is 0 Å². The lowest BCUT2D eigenvalue weighted by molar-refractivity contribution is 0.0694. The van der Waals surface area contributed by atoms with Gasteiger partial charge in [-0.15, -0.1) is 0 Å². The minimum absolute atomic E-state index is 0.136. The van der Waals surface area contributed by atoms with Crippen LogP contribution in [0.5, 0.6) is 0 Å². The number of hydrogen-bond acceptors (Lipinski definition) is 2. The number of hydrogen-bond donors (Lipinski definition) is 1. The summed E-state index contributed by atoms with van der Waals surface area (Å²) in [5.74, 6) is -1.04. The molecule has 2 aromatic rings. The summed E-state index contributed by atoms with van der Waals surface area (Å²) in [4.78, 5) is 23.2. The Hall–Kier alpha value is -2.07. The van der Waals surface area contributed by atoms with E-state index in [1.54, 1.807) is 24.3 Å². The number of pyridine rings is 1. The van der Waals surface area contributed by atoms with Crippen molar-refractivity contribution in [2.24, 2.45) is 0 Å². The molecule has 0 spiro atoms. The van der Waals surface area contributed by atoms with Crippen LogP contribution in [0.4, 0.5) is 0 Å². The second-order valence-corrected chi connectivity index (χ2v) is 4.44. The van der Waals surface area contributed by atoms with Gasteiger partial charge in [0, 0.05) is 22.5 Å². The molecule has 2 rings (SSSR count). The highest BCUT2D eigenvalue weighted by atomic mass is 35.5. The standard InChI is InChI=1S/C14H12ClNO3/c1-2-12-11(14(18)19)7-8-13(17)16(12)10-5-3-9(15)4-6-10/h3-8H,2H2,1H3,(H,18,19). The molecule has 98 valence electrons. The summed E-state index contributed by atoms with van der Waals surface area (Å²) in [6.07, 6.45) is 0.445. The molecular weight excluding hydrogens is 266 g/mol. The van der Waals surface area contributed by atoms with Gasteiger partial charge in [-0.1, -0.05) is 18.5 Å². The van der Waals surface area contributed by atoms with Gasteiger partial charge in [0.05, 0.1) is 5.56 Å². The van der Waals surface area contributed by atoms with E-state index < -0.39 is 5.97 Å². The SMILES string of the molecule is CCc1c(C(=O)O)ccc(=O)n1-c1ccc(Cl)cc1. The predicted molar refractivity (Wildman–Crippen MR) is 73.4 cm³/mol. The number of carbonyl (C=O) groups is 1. The Balaban J connectivity index is 2.74. The highest BCUT2D eigenvalue weighted by Gasteiger charge is 2.14. The van der Waals surface area contributed by atoms with Gasteiger partial charge in [0.25, 0.3) is 5.56 Å². The fraction of sp³-hybridized carbons (Fsp3) is 0.143. The van der Waals surface area contributed by atoms with Crippen LogP contribution in [-0.2, 0) is 6.42 Å². The number of halogens is 1. The van der Waals surface area contributed by atoms with Crippen LogP contribution < -0.4 is 5.56 Å². The Morgan fingerprint density at radius 2 is 1.84 bits per heavy atom. The minimum atomic E-state index is -1.04. The molecule has 0 atom stereocenters. The highest BCUT2D eigenvalue weighted by molar-refractivity contribution is 6.30. The molecule has 0 fully saturated rings. The maximum Gasteiger partial charge on any atom is 0.337 e. The van der Waals surface area contributed by atoms with E-state index in [9.17, 15) is 9.59 Å². The number of carboxylic acid groups (broad SMARTS) is 1. The van der Waals surface area contributed by atoms with E-state index in [1.807, 2.05) is 6.92 Å². The maximum absolute atomic E-state index is 12.0. The first-order chi connectivity index (χ1) is 9.04. The van der Waals surface area contributed by atoms with Gasteiger partial charge in [0.15, 0.2) is 0 Å². The molecule has 1 aromatic carbocycles. The first-order valence-electron chi connectivity index (χ1n) is 5.78. The molecule has 0 amide bonds. The largest absolute Gasteiger partial charge is 0.478 e. The van der Waals surface area contributed by atoms with Gasteiger partial charge in [0.2, 0.25) is 0 Å². The van der Waals surface area contributed by atoms with Gasteiger partial charge in [-0.2, -0.15) is 0 Å². The molecule has 19 heavy (non-hydrogen) atoms. The number of rotatable bonds is 3. The number of aromatic carboxylic acids is 1. The minimum Gasteiger partial charge on any atom is -0.478 e. The Kier molecular flexibility index (Phi) is 3.71. The maximum atomic E-state index is 12.0. The molecule has 0 aliphatic carbocycles. The van der Waals surface area contributed by atoms with E-state index in [2.05, 4.69) is 0 Å². The van der Waals surface area contributed by atoms with Crippen molar-refractivity contribution < 1.29 is 9.90 Å². The molecule has 4 nitrogen and oxygen atoms in total. The highest BCUT2D eigenvalue weighted by Crippen LogP contribution is 2.16. The summed E-state index contributed by atoms with van der Waals surface area (Å²) < 4.78 is 1.40. The number of carboxylic acids is 1. The summed E-state index contributed by atoms with van der Waals surface area (Å²) in [6, 6.07) is 9.31.